The van der Waals surface area contributed by atoms with Crippen LogP contribution in [0.1, 0.15) is 38.2 Å². The fourth-order valence-corrected chi connectivity index (χ4v) is 3.53. The van der Waals surface area contributed by atoms with Crippen molar-refractivity contribution in [2.75, 3.05) is 11.4 Å². The van der Waals surface area contributed by atoms with Gasteiger partial charge < -0.3 is 10.2 Å². The van der Waals surface area contributed by atoms with E-state index in [1.807, 2.05) is 6.07 Å². The number of pyridine rings is 1. The van der Waals surface area contributed by atoms with Gasteiger partial charge in [-0.05, 0) is 44.7 Å². The van der Waals surface area contributed by atoms with Crippen molar-refractivity contribution in [3.05, 3.63) is 23.9 Å². The molecule has 2 atom stereocenters. The maximum atomic E-state index is 9.01. The van der Waals surface area contributed by atoms with Crippen molar-refractivity contribution in [1.82, 2.24) is 10.3 Å². The lowest BCUT2D eigenvalue weighted by molar-refractivity contribution is 0.348. The molecule has 2 aliphatic heterocycles. The second kappa shape index (κ2) is 5.18. The summed E-state index contributed by atoms with van der Waals surface area (Å²) in [6.07, 6.45) is 6.76. The predicted octanol–water partition coefficient (Wildman–Crippen LogP) is 2.06. The minimum Gasteiger partial charge on any atom is -0.354 e. The van der Waals surface area contributed by atoms with E-state index in [2.05, 4.69) is 28.2 Å². The molecule has 0 aliphatic carbocycles. The van der Waals surface area contributed by atoms with Crippen molar-refractivity contribution in [3.8, 4) is 6.07 Å². The molecule has 19 heavy (non-hydrogen) atoms. The number of hydrogen-bond donors (Lipinski definition) is 1. The lowest BCUT2D eigenvalue weighted by atomic mass is 9.98. The van der Waals surface area contributed by atoms with Gasteiger partial charge in [-0.1, -0.05) is 0 Å². The van der Waals surface area contributed by atoms with E-state index in [4.69, 9.17) is 5.26 Å². The van der Waals surface area contributed by atoms with Gasteiger partial charge in [0, 0.05) is 30.9 Å². The van der Waals surface area contributed by atoms with Gasteiger partial charge in [-0.2, -0.15) is 5.26 Å². The van der Waals surface area contributed by atoms with Gasteiger partial charge in [-0.25, -0.2) is 4.98 Å². The minimum atomic E-state index is 0.560. The molecule has 4 nitrogen and oxygen atoms in total. The number of nitrogens with one attached hydrogen (secondary N) is 1. The first-order valence-corrected chi connectivity index (χ1v) is 7.19. The highest BCUT2D eigenvalue weighted by atomic mass is 15.2. The van der Waals surface area contributed by atoms with Gasteiger partial charge in [0.15, 0.2) is 0 Å². The third kappa shape index (κ3) is 2.43. The molecule has 2 saturated heterocycles. The number of fused-ring (bicyclic) bond motifs is 2. The summed E-state index contributed by atoms with van der Waals surface area (Å²) in [7, 11) is 0. The molecule has 0 spiro atoms. The second-order valence-electron chi connectivity index (χ2n) is 5.56. The minimum absolute atomic E-state index is 0.560. The van der Waals surface area contributed by atoms with Crippen LogP contribution >= 0.6 is 0 Å². The molecule has 100 valence electrons. The molecule has 0 aromatic carbocycles. The molecule has 0 saturated carbocycles. The van der Waals surface area contributed by atoms with Crippen LogP contribution in [0.2, 0.25) is 0 Å². The lowest BCUT2D eigenvalue weighted by Crippen LogP contribution is -2.48. The van der Waals surface area contributed by atoms with Crippen molar-refractivity contribution >= 4 is 5.82 Å². The van der Waals surface area contributed by atoms with Crippen LogP contribution in [-0.2, 0) is 0 Å². The smallest absolute Gasteiger partial charge is 0.130 e. The summed E-state index contributed by atoms with van der Waals surface area (Å²) in [6.45, 7) is 3.12. The number of aromatic nitrogens is 1. The van der Waals surface area contributed by atoms with Gasteiger partial charge in [0.2, 0.25) is 0 Å². The molecule has 1 N–H and O–H groups in total. The van der Waals surface area contributed by atoms with E-state index in [1.165, 1.54) is 25.7 Å². The van der Waals surface area contributed by atoms with Crippen molar-refractivity contribution in [2.45, 2.75) is 50.7 Å². The number of nitriles is 1. The number of anilines is 1. The van der Waals surface area contributed by atoms with Gasteiger partial charge in [-0.3, -0.25) is 0 Å². The molecule has 4 heteroatoms. The maximum Gasteiger partial charge on any atom is 0.130 e. The van der Waals surface area contributed by atoms with Crippen molar-refractivity contribution in [1.29, 1.82) is 5.26 Å². The molecule has 3 heterocycles. The predicted molar refractivity (Wildman–Crippen MR) is 74.9 cm³/mol. The Kier molecular flexibility index (Phi) is 3.39. The van der Waals surface area contributed by atoms with Crippen molar-refractivity contribution < 1.29 is 0 Å². The zero-order valence-corrected chi connectivity index (χ0v) is 11.3. The standard InChI is InChI=1S/C15H20N4/c1-2-19(15-7-11(10-16)5-6-17-15)14-8-12-3-4-13(9-14)18-12/h5-7,12-14,18H,2-4,8-9H2,1H3. The van der Waals surface area contributed by atoms with Crippen LogP contribution in [0.3, 0.4) is 0 Å². The van der Waals surface area contributed by atoms with Crippen LogP contribution < -0.4 is 10.2 Å². The number of nitrogens with zero attached hydrogens (tertiary/aromatic N) is 3. The van der Waals surface area contributed by atoms with Gasteiger partial charge >= 0.3 is 0 Å². The molecule has 2 fully saturated rings. The molecule has 0 amide bonds. The van der Waals surface area contributed by atoms with E-state index >= 15 is 0 Å². The largest absolute Gasteiger partial charge is 0.354 e. The summed E-state index contributed by atoms with van der Waals surface area (Å²) in [6, 6.07) is 7.79. The van der Waals surface area contributed by atoms with Gasteiger partial charge in [0.05, 0.1) is 11.6 Å². The first-order chi connectivity index (χ1) is 9.30. The number of piperidine rings is 1. The maximum absolute atomic E-state index is 9.01. The Morgan fingerprint density at radius 1 is 1.42 bits per heavy atom. The van der Waals surface area contributed by atoms with Crippen LogP contribution in [0.5, 0.6) is 0 Å². The van der Waals surface area contributed by atoms with Crippen LogP contribution in [-0.4, -0.2) is 29.7 Å². The number of rotatable bonds is 3. The van der Waals surface area contributed by atoms with Crippen molar-refractivity contribution in [2.24, 2.45) is 0 Å². The molecular formula is C15H20N4. The Labute approximate surface area is 114 Å². The van der Waals surface area contributed by atoms with Crippen molar-refractivity contribution in [3.63, 3.8) is 0 Å². The lowest BCUT2D eigenvalue weighted by Gasteiger charge is -2.38. The Morgan fingerprint density at radius 3 is 2.79 bits per heavy atom. The van der Waals surface area contributed by atoms with E-state index in [1.54, 1.807) is 12.3 Å². The van der Waals surface area contributed by atoms with Gasteiger partial charge in [0.1, 0.15) is 5.82 Å². The summed E-state index contributed by atoms with van der Waals surface area (Å²) in [5, 5.41) is 12.7. The fourth-order valence-electron chi connectivity index (χ4n) is 3.53. The molecule has 2 aliphatic rings. The Balaban J connectivity index is 1.82. The topological polar surface area (TPSA) is 52.0 Å². The molecule has 1 aromatic heterocycles. The monoisotopic (exact) mass is 256 g/mol. The van der Waals surface area contributed by atoms with Crippen LogP contribution in [0.15, 0.2) is 18.3 Å². The first-order valence-electron chi connectivity index (χ1n) is 7.19. The highest BCUT2D eigenvalue weighted by molar-refractivity contribution is 5.46. The van der Waals surface area contributed by atoms with Crippen LogP contribution in [0.25, 0.3) is 0 Å². The Morgan fingerprint density at radius 2 is 2.16 bits per heavy atom. The Hall–Kier alpha value is -1.60. The SMILES string of the molecule is CCN(c1cc(C#N)ccn1)C1CC2CCC(C1)N2. The van der Waals surface area contributed by atoms with Gasteiger partial charge in [-0.15, -0.1) is 0 Å². The molecule has 2 unspecified atom stereocenters. The summed E-state index contributed by atoms with van der Waals surface area (Å²) >= 11 is 0. The fraction of sp³-hybridized carbons (Fsp3) is 0.600. The molecule has 3 rings (SSSR count). The zero-order chi connectivity index (χ0) is 13.2. The average molecular weight is 256 g/mol. The summed E-state index contributed by atoms with van der Waals surface area (Å²) in [5.41, 5.74) is 0.695. The highest BCUT2D eigenvalue weighted by Crippen LogP contribution is 2.31. The van der Waals surface area contributed by atoms with Crippen LogP contribution in [0, 0.1) is 11.3 Å². The van der Waals surface area contributed by atoms with Gasteiger partial charge in [0.25, 0.3) is 0 Å². The normalized spacial score (nSPS) is 28.9. The third-order valence-electron chi connectivity index (χ3n) is 4.40. The molecular weight excluding hydrogens is 236 g/mol. The average Bonchev–Trinajstić information content (AvgIpc) is 2.79. The third-order valence-corrected chi connectivity index (χ3v) is 4.40. The second-order valence-corrected chi connectivity index (χ2v) is 5.56. The first kappa shape index (κ1) is 12.4. The molecule has 0 radical (unpaired) electrons. The summed E-state index contributed by atoms with van der Waals surface area (Å²) in [4.78, 5) is 6.83. The van der Waals surface area contributed by atoms with E-state index in [-0.39, 0.29) is 0 Å². The van der Waals surface area contributed by atoms with E-state index in [9.17, 15) is 0 Å². The molecule has 2 bridgehead atoms. The number of hydrogen-bond acceptors (Lipinski definition) is 4. The quantitative estimate of drug-likeness (QED) is 0.899. The summed E-state index contributed by atoms with van der Waals surface area (Å²) < 4.78 is 0. The molecule has 1 aromatic rings. The van der Waals surface area contributed by atoms with Crippen LogP contribution in [0.4, 0.5) is 5.82 Å². The Bertz CT molecular complexity index is 481. The van der Waals surface area contributed by atoms with E-state index in [0.717, 1.165) is 12.4 Å². The van der Waals surface area contributed by atoms with E-state index < -0.39 is 0 Å². The highest BCUT2D eigenvalue weighted by Gasteiger charge is 2.36. The zero-order valence-electron chi connectivity index (χ0n) is 11.3. The van der Waals surface area contributed by atoms with E-state index in [0.29, 0.717) is 23.7 Å². The summed E-state index contributed by atoms with van der Waals surface area (Å²) in [5.74, 6) is 0.952.